The first-order valence-electron chi connectivity index (χ1n) is 13.9. The summed E-state index contributed by atoms with van der Waals surface area (Å²) in [5.41, 5.74) is 0.813. The molecule has 5 heterocycles. The van der Waals surface area contributed by atoms with Gasteiger partial charge < -0.3 is 23.7 Å². The smallest absolute Gasteiger partial charge is 0.413 e. The Morgan fingerprint density at radius 3 is 2.78 bits per heavy atom. The minimum absolute atomic E-state index is 0.288. The van der Waals surface area contributed by atoms with Gasteiger partial charge in [0.2, 0.25) is 0 Å². The van der Waals surface area contributed by atoms with E-state index < -0.39 is 47.8 Å². The van der Waals surface area contributed by atoms with Gasteiger partial charge in [0.1, 0.15) is 51.4 Å². The van der Waals surface area contributed by atoms with Crippen LogP contribution in [-0.2, 0) is 23.7 Å². The number of aromatic nitrogens is 5. The molecule has 0 spiro atoms. The Hall–Kier alpha value is -2.63. The van der Waals surface area contributed by atoms with Crippen molar-refractivity contribution in [3.63, 3.8) is 0 Å². The highest BCUT2D eigenvalue weighted by Gasteiger charge is 2.52. The van der Waals surface area contributed by atoms with Crippen molar-refractivity contribution in [1.82, 2.24) is 25.0 Å². The standard InChI is InChI=1S/C29H30BrClN6O6S2/c1-29(2,3)43-28(38)34-27-33-18(14-44-27)17-12-37(36-35-17)21-22-19(13-40-25(42-22)15-8-6-5-7-9-15)41-26(23(21)39-4)45-20-10-16(31)11-32-24(20)30/h5-12,14,19,21-23,25-26H,13H2,1-4H3,(H,33,34,38). The number of ether oxygens (including phenoxy) is 5. The monoisotopic (exact) mass is 736 g/mol. The normalized spacial score (nSPS) is 25.0. The Bertz CT molecular complexity index is 1640. The average Bonchev–Trinajstić information content (AvgIpc) is 3.67. The Balaban J connectivity index is 1.30. The van der Waals surface area contributed by atoms with Crippen LogP contribution in [0.15, 0.2) is 63.7 Å². The van der Waals surface area contributed by atoms with Crippen LogP contribution >= 0.6 is 50.6 Å². The number of hydrogen-bond donors (Lipinski definition) is 1. The van der Waals surface area contributed by atoms with Gasteiger partial charge in [0.05, 0.1) is 17.8 Å². The van der Waals surface area contributed by atoms with E-state index in [4.69, 9.17) is 35.3 Å². The number of hydrogen-bond acceptors (Lipinski definition) is 12. The van der Waals surface area contributed by atoms with E-state index in [1.165, 1.54) is 23.1 Å². The fourth-order valence-electron chi connectivity index (χ4n) is 4.98. The lowest BCUT2D eigenvalue weighted by Crippen LogP contribution is -2.59. The summed E-state index contributed by atoms with van der Waals surface area (Å²) < 4.78 is 33.1. The summed E-state index contributed by atoms with van der Waals surface area (Å²) >= 11 is 12.5. The van der Waals surface area contributed by atoms with E-state index in [1.807, 2.05) is 36.4 Å². The van der Waals surface area contributed by atoms with Gasteiger partial charge in [0.25, 0.3) is 0 Å². The molecule has 2 fully saturated rings. The minimum Gasteiger partial charge on any atom is -0.444 e. The molecule has 6 atom stereocenters. The second-order valence-corrected chi connectivity index (χ2v) is 14.4. The third kappa shape index (κ3) is 7.52. The van der Waals surface area contributed by atoms with Crippen molar-refractivity contribution in [3.05, 3.63) is 69.4 Å². The Morgan fingerprint density at radius 2 is 2.02 bits per heavy atom. The lowest BCUT2D eigenvalue weighted by atomic mass is 9.95. The van der Waals surface area contributed by atoms with Gasteiger partial charge in [-0.3, -0.25) is 5.32 Å². The van der Waals surface area contributed by atoms with Gasteiger partial charge in [-0.2, -0.15) is 0 Å². The summed E-state index contributed by atoms with van der Waals surface area (Å²) in [6.07, 6.45) is 0.696. The first kappa shape index (κ1) is 32.3. The summed E-state index contributed by atoms with van der Waals surface area (Å²) in [4.78, 5) is 21.9. The molecule has 0 saturated carbocycles. The van der Waals surface area contributed by atoms with Gasteiger partial charge in [-0.15, -0.1) is 16.4 Å². The molecule has 3 aromatic heterocycles. The molecule has 6 unspecified atom stereocenters. The van der Waals surface area contributed by atoms with Crippen molar-refractivity contribution in [1.29, 1.82) is 0 Å². The highest BCUT2D eigenvalue weighted by atomic mass is 79.9. The van der Waals surface area contributed by atoms with Crippen LogP contribution in [0.1, 0.15) is 38.7 Å². The molecule has 0 radical (unpaired) electrons. The molecule has 45 heavy (non-hydrogen) atoms. The summed E-state index contributed by atoms with van der Waals surface area (Å²) in [7, 11) is 1.63. The van der Waals surface area contributed by atoms with Crippen LogP contribution in [0.5, 0.6) is 0 Å². The zero-order chi connectivity index (χ0) is 31.7. The molecule has 16 heteroatoms. The van der Waals surface area contributed by atoms with Gasteiger partial charge in [-0.05, 0) is 42.8 Å². The lowest BCUT2D eigenvalue weighted by molar-refractivity contribution is -0.308. The number of anilines is 1. The van der Waals surface area contributed by atoms with Crippen molar-refractivity contribution in [2.24, 2.45) is 0 Å². The Kier molecular flexibility index (Phi) is 9.78. The third-order valence-corrected chi connectivity index (χ3v) is 9.90. The molecule has 1 N–H and O–H groups in total. The number of nitrogens with one attached hydrogen (secondary N) is 1. The number of pyridine rings is 1. The predicted octanol–water partition coefficient (Wildman–Crippen LogP) is 6.75. The SMILES string of the molecule is COC1C(Sc2cc(Cl)cnc2Br)OC2COC(c3ccccc3)OC2C1n1cc(-c2csc(NC(=O)OC(C)(C)C)n2)nn1. The van der Waals surface area contributed by atoms with Crippen LogP contribution < -0.4 is 5.32 Å². The number of fused-ring (bicyclic) bond motifs is 1. The molecular formula is C29H30BrClN6O6S2. The number of carbonyl (C=O) groups excluding carboxylic acids is 1. The molecule has 1 amide bonds. The van der Waals surface area contributed by atoms with Crippen LogP contribution in [0.4, 0.5) is 9.93 Å². The maximum absolute atomic E-state index is 12.3. The highest BCUT2D eigenvalue weighted by molar-refractivity contribution is 9.10. The molecule has 6 rings (SSSR count). The minimum atomic E-state index is -0.631. The second-order valence-electron chi connectivity index (χ2n) is 11.2. The lowest BCUT2D eigenvalue weighted by Gasteiger charge is -2.48. The molecule has 0 bridgehead atoms. The van der Waals surface area contributed by atoms with Gasteiger partial charge in [-0.25, -0.2) is 19.4 Å². The van der Waals surface area contributed by atoms with Gasteiger partial charge in [0, 0.05) is 29.1 Å². The summed E-state index contributed by atoms with van der Waals surface area (Å²) in [5, 5.41) is 14.3. The topological polar surface area (TPSA) is 132 Å². The molecular weight excluding hydrogens is 708 g/mol. The number of nitrogens with zero attached hydrogens (tertiary/aromatic N) is 5. The second kappa shape index (κ2) is 13.6. The van der Waals surface area contributed by atoms with Crippen molar-refractivity contribution >= 4 is 61.9 Å². The van der Waals surface area contributed by atoms with E-state index in [0.29, 0.717) is 26.1 Å². The van der Waals surface area contributed by atoms with Gasteiger partial charge >= 0.3 is 6.09 Å². The maximum Gasteiger partial charge on any atom is 0.413 e. The molecule has 1 aromatic carbocycles. The first-order valence-corrected chi connectivity index (χ1v) is 16.9. The largest absolute Gasteiger partial charge is 0.444 e. The maximum atomic E-state index is 12.3. The van der Waals surface area contributed by atoms with E-state index in [0.717, 1.165) is 10.5 Å². The molecule has 0 aliphatic carbocycles. The van der Waals surface area contributed by atoms with Crippen LogP contribution in [0.3, 0.4) is 0 Å². The summed E-state index contributed by atoms with van der Waals surface area (Å²) in [6, 6.07) is 11.1. The number of carbonyl (C=O) groups is 1. The quantitative estimate of drug-likeness (QED) is 0.202. The van der Waals surface area contributed by atoms with E-state index in [-0.39, 0.29) is 6.61 Å². The predicted molar refractivity (Wildman–Crippen MR) is 172 cm³/mol. The Morgan fingerprint density at radius 1 is 1.22 bits per heavy atom. The van der Waals surface area contributed by atoms with Crippen LogP contribution in [0, 0.1) is 0 Å². The van der Waals surface area contributed by atoms with Gasteiger partial charge in [-0.1, -0.05) is 58.9 Å². The number of halogens is 2. The first-order chi connectivity index (χ1) is 21.6. The summed E-state index contributed by atoms with van der Waals surface area (Å²) in [6.45, 7) is 5.68. The van der Waals surface area contributed by atoms with Gasteiger partial charge in [0.15, 0.2) is 11.4 Å². The fraction of sp³-hybridized carbons (Fsp3) is 0.414. The van der Waals surface area contributed by atoms with E-state index in [1.54, 1.807) is 50.3 Å². The molecule has 2 aliphatic rings. The number of rotatable bonds is 7. The van der Waals surface area contributed by atoms with E-state index in [2.05, 4.69) is 41.5 Å². The zero-order valence-corrected chi connectivity index (χ0v) is 28.6. The van der Waals surface area contributed by atoms with Crippen molar-refractivity contribution < 1.29 is 28.5 Å². The highest BCUT2D eigenvalue weighted by Crippen LogP contribution is 2.45. The Labute approximate surface area is 281 Å². The van der Waals surface area contributed by atoms with E-state index >= 15 is 0 Å². The average molecular weight is 738 g/mol. The number of amides is 1. The van der Waals surface area contributed by atoms with Crippen molar-refractivity contribution in [3.8, 4) is 11.4 Å². The zero-order valence-electron chi connectivity index (χ0n) is 24.6. The number of thioether (sulfide) groups is 1. The molecule has 4 aromatic rings. The molecule has 12 nitrogen and oxygen atoms in total. The summed E-state index contributed by atoms with van der Waals surface area (Å²) in [5.74, 6) is 0. The van der Waals surface area contributed by atoms with Crippen LogP contribution in [-0.4, -0.2) is 74.1 Å². The third-order valence-electron chi connectivity index (χ3n) is 6.86. The molecule has 2 aliphatic heterocycles. The fourth-order valence-corrected chi connectivity index (χ4v) is 7.59. The van der Waals surface area contributed by atoms with Crippen LogP contribution in [0.25, 0.3) is 11.4 Å². The number of thiazole rings is 1. The number of benzene rings is 1. The van der Waals surface area contributed by atoms with E-state index in [9.17, 15) is 4.79 Å². The molecule has 238 valence electrons. The number of methoxy groups -OCH3 is 1. The van der Waals surface area contributed by atoms with Crippen molar-refractivity contribution in [2.45, 2.75) is 67.3 Å². The van der Waals surface area contributed by atoms with Crippen molar-refractivity contribution in [2.75, 3.05) is 19.0 Å². The van der Waals surface area contributed by atoms with Crippen LogP contribution in [0.2, 0.25) is 5.02 Å². The molecule has 2 saturated heterocycles.